The van der Waals surface area contributed by atoms with Crippen LogP contribution in [0.25, 0.3) is 0 Å². The fourth-order valence-corrected chi connectivity index (χ4v) is 2.30. The van der Waals surface area contributed by atoms with Gasteiger partial charge in [-0.3, -0.25) is 10.2 Å². The smallest absolute Gasteiger partial charge is 0.251 e. The topological polar surface area (TPSA) is 101 Å². The number of benzene rings is 1. The minimum atomic E-state index is -3.86. The molecule has 1 rings (SSSR count). The van der Waals surface area contributed by atoms with Crippen LogP contribution in [0.3, 0.4) is 0 Å². The van der Waals surface area contributed by atoms with Crippen LogP contribution in [0.15, 0.2) is 29.2 Å². The second kappa shape index (κ2) is 5.21. The number of rotatable bonds is 4. The predicted molar refractivity (Wildman–Crippen MR) is 58.5 cm³/mol. The average Bonchev–Trinajstić information content (AvgIpc) is 2.27. The first-order chi connectivity index (χ1) is 7.86. The molecular formula is C9H12FN3O3S. The van der Waals surface area contributed by atoms with E-state index in [2.05, 4.69) is 4.72 Å². The van der Waals surface area contributed by atoms with Gasteiger partial charge in [0.25, 0.3) is 5.91 Å². The van der Waals surface area contributed by atoms with Crippen molar-refractivity contribution in [3.63, 3.8) is 0 Å². The highest BCUT2D eigenvalue weighted by Crippen LogP contribution is 2.10. The van der Waals surface area contributed by atoms with Gasteiger partial charge in [0.2, 0.25) is 10.0 Å². The van der Waals surface area contributed by atoms with Gasteiger partial charge in [-0.1, -0.05) is 0 Å². The van der Waals surface area contributed by atoms with E-state index in [1.807, 2.05) is 5.43 Å². The highest BCUT2D eigenvalue weighted by Gasteiger charge is 2.21. The van der Waals surface area contributed by atoms with Crippen LogP contribution in [0.4, 0.5) is 4.39 Å². The molecule has 6 nitrogen and oxygen atoms in total. The number of amides is 1. The molecule has 0 fully saturated rings. The average molecular weight is 261 g/mol. The molecular weight excluding hydrogens is 249 g/mol. The predicted octanol–water partition coefficient (Wildman–Crippen LogP) is -0.518. The summed E-state index contributed by atoms with van der Waals surface area (Å²) in [7, 11) is -3.86. The first-order valence-electron chi connectivity index (χ1n) is 4.65. The molecule has 94 valence electrons. The summed E-state index contributed by atoms with van der Waals surface area (Å²) >= 11 is 0. The number of hydrogen-bond acceptors (Lipinski definition) is 4. The van der Waals surface area contributed by atoms with Gasteiger partial charge in [-0.15, -0.1) is 0 Å². The molecule has 0 radical (unpaired) electrons. The fraction of sp³-hybridized carbons (Fsp3) is 0.222. The highest BCUT2D eigenvalue weighted by atomic mass is 32.2. The van der Waals surface area contributed by atoms with Crippen molar-refractivity contribution in [2.24, 2.45) is 5.84 Å². The van der Waals surface area contributed by atoms with E-state index < -0.39 is 27.8 Å². The Morgan fingerprint density at radius 3 is 2.35 bits per heavy atom. The Morgan fingerprint density at radius 1 is 1.35 bits per heavy atom. The van der Waals surface area contributed by atoms with Crippen LogP contribution in [-0.2, 0) is 14.8 Å². The van der Waals surface area contributed by atoms with Crippen LogP contribution >= 0.6 is 0 Å². The Balaban J connectivity index is 2.89. The summed E-state index contributed by atoms with van der Waals surface area (Å²) in [5.74, 6) is 3.65. The summed E-state index contributed by atoms with van der Waals surface area (Å²) in [5.41, 5.74) is 1.82. The van der Waals surface area contributed by atoms with E-state index >= 15 is 0 Å². The molecule has 0 heterocycles. The van der Waals surface area contributed by atoms with Crippen molar-refractivity contribution >= 4 is 15.9 Å². The zero-order valence-electron chi connectivity index (χ0n) is 8.98. The van der Waals surface area contributed by atoms with Gasteiger partial charge in [-0.25, -0.2) is 18.7 Å². The second-order valence-corrected chi connectivity index (χ2v) is 5.02. The van der Waals surface area contributed by atoms with Crippen molar-refractivity contribution in [2.45, 2.75) is 17.9 Å². The van der Waals surface area contributed by atoms with Crippen molar-refractivity contribution in [3.05, 3.63) is 30.1 Å². The van der Waals surface area contributed by atoms with Crippen molar-refractivity contribution in [3.8, 4) is 0 Å². The largest absolute Gasteiger partial charge is 0.293 e. The van der Waals surface area contributed by atoms with Gasteiger partial charge < -0.3 is 0 Å². The van der Waals surface area contributed by atoms with Crippen LogP contribution in [0.1, 0.15) is 6.92 Å². The summed E-state index contributed by atoms with van der Waals surface area (Å²) < 4.78 is 38.2. The lowest BCUT2D eigenvalue weighted by molar-refractivity contribution is -0.122. The SMILES string of the molecule is C[C@@H](NS(=O)(=O)c1ccc(F)cc1)C(=O)NN. The van der Waals surface area contributed by atoms with E-state index in [4.69, 9.17) is 5.84 Å². The van der Waals surface area contributed by atoms with Crippen molar-refractivity contribution in [1.29, 1.82) is 0 Å². The molecule has 0 aliphatic heterocycles. The van der Waals surface area contributed by atoms with Gasteiger partial charge in [-0.05, 0) is 31.2 Å². The molecule has 0 saturated heterocycles. The third-order valence-electron chi connectivity index (χ3n) is 1.99. The monoisotopic (exact) mass is 261 g/mol. The van der Waals surface area contributed by atoms with Crippen molar-refractivity contribution in [1.82, 2.24) is 10.1 Å². The molecule has 0 aliphatic carbocycles. The van der Waals surface area contributed by atoms with Crippen LogP contribution in [0.5, 0.6) is 0 Å². The molecule has 0 spiro atoms. The van der Waals surface area contributed by atoms with Gasteiger partial charge in [0.15, 0.2) is 0 Å². The van der Waals surface area contributed by atoms with Crippen LogP contribution in [0.2, 0.25) is 0 Å². The first kappa shape index (κ1) is 13.6. The molecule has 0 bridgehead atoms. The second-order valence-electron chi connectivity index (χ2n) is 3.31. The lowest BCUT2D eigenvalue weighted by Crippen LogP contribution is -2.47. The third kappa shape index (κ3) is 3.48. The molecule has 1 atom stereocenters. The minimum absolute atomic E-state index is 0.129. The maximum atomic E-state index is 12.6. The normalized spacial score (nSPS) is 13.1. The zero-order chi connectivity index (χ0) is 13.1. The first-order valence-corrected chi connectivity index (χ1v) is 6.13. The molecule has 0 aliphatic rings. The minimum Gasteiger partial charge on any atom is -0.293 e. The fourth-order valence-electron chi connectivity index (χ4n) is 1.09. The number of hydrazine groups is 1. The number of nitrogens with one attached hydrogen (secondary N) is 2. The highest BCUT2D eigenvalue weighted by molar-refractivity contribution is 7.89. The third-order valence-corrected chi connectivity index (χ3v) is 3.55. The quantitative estimate of drug-likeness (QED) is 0.385. The molecule has 1 aromatic carbocycles. The van der Waals surface area contributed by atoms with Gasteiger partial charge in [0, 0.05) is 0 Å². The van der Waals surface area contributed by atoms with Gasteiger partial charge >= 0.3 is 0 Å². The van der Waals surface area contributed by atoms with Crippen molar-refractivity contribution in [2.75, 3.05) is 0 Å². The van der Waals surface area contributed by atoms with Crippen molar-refractivity contribution < 1.29 is 17.6 Å². The number of hydrogen-bond donors (Lipinski definition) is 3. The summed E-state index contributed by atoms with van der Waals surface area (Å²) in [6.07, 6.45) is 0. The lowest BCUT2D eigenvalue weighted by Gasteiger charge is -2.12. The van der Waals surface area contributed by atoms with Crippen LogP contribution in [-0.4, -0.2) is 20.4 Å². The summed E-state index contributed by atoms with van der Waals surface area (Å²) in [5, 5.41) is 0. The molecule has 1 aromatic rings. The number of carbonyl (C=O) groups is 1. The molecule has 8 heteroatoms. The van der Waals surface area contributed by atoms with E-state index in [1.165, 1.54) is 6.92 Å². The number of sulfonamides is 1. The molecule has 0 unspecified atom stereocenters. The number of carbonyl (C=O) groups excluding carboxylic acids is 1. The van der Waals surface area contributed by atoms with Gasteiger partial charge in [-0.2, -0.15) is 4.72 Å². The molecule has 4 N–H and O–H groups in total. The summed E-state index contributed by atoms with van der Waals surface area (Å²) in [6.45, 7) is 1.34. The molecule has 17 heavy (non-hydrogen) atoms. The summed E-state index contributed by atoms with van der Waals surface area (Å²) in [4.78, 5) is 10.9. The molecule has 0 saturated carbocycles. The van der Waals surface area contributed by atoms with E-state index in [1.54, 1.807) is 0 Å². The van der Waals surface area contributed by atoms with E-state index in [-0.39, 0.29) is 4.90 Å². The maximum absolute atomic E-state index is 12.6. The van der Waals surface area contributed by atoms with Crippen LogP contribution < -0.4 is 16.0 Å². The van der Waals surface area contributed by atoms with E-state index in [0.717, 1.165) is 24.3 Å². The zero-order valence-corrected chi connectivity index (χ0v) is 9.79. The lowest BCUT2D eigenvalue weighted by atomic mass is 10.3. The molecule has 0 aromatic heterocycles. The Morgan fingerprint density at radius 2 is 1.88 bits per heavy atom. The number of nitrogens with two attached hydrogens (primary N) is 1. The number of halogens is 1. The summed E-state index contributed by atoms with van der Waals surface area (Å²) in [6, 6.07) is 3.22. The van der Waals surface area contributed by atoms with E-state index in [0.29, 0.717) is 0 Å². The Kier molecular flexibility index (Phi) is 4.16. The van der Waals surface area contributed by atoms with Gasteiger partial charge in [0.1, 0.15) is 5.82 Å². The Labute approximate surface area is 98.0 Å². The maximum Gasteiger partial charge on any atom is 0.251 e. The Hall–Kier alpha value is -1.51. The van der Waals surface area contributed by atoms with Crippen LogP contribution in [0, 0.1) is 5.82 Å². The Bertz CT molecular complexity index is 501. The molecule has 1 amide bonds. The van der Waals surface area contributed by atoms with E-state index in [9.17, 15) is 17.6 Å². The van der Waals surface area contributed by atoms with Gasteiger partial charge in [0.05, 0.1) is 10.9 Å². The standard InChI is InChI=1S/C9H12FN3O3S/c1-6(9(14)12-11)13-17(15,16)8-4-2-7(10)3-5-8/h2-6,13H,11H2,1H3,(H,12,14)/t6-/m1/s1.